The van der Waals surface area contributed by atoms with Gasteiger partial charge in [-0.25, -0.2) is 0 Å². The van der Waals surface area contributed by atoms with Crippen molar-refractivity contribution >= 4 is 23.2 Å². The first-order valence-electron chi connectivity index (χ1n) is 7.29. The maximum Gasteiger partial charge on any atom is 0.291 e. The van der Waals surface area contributed by atoms with Gasteiger partial charge in [0.15, 0.2) is 5.76 Å². The highest BCUT2D eigenvalue weighted by Crippen LogP contribution is 2.15. The minimum atomic E-state index is -0.345. The Bertz CT molecular complexity index is 661. The number of ether oxygens (including phenoxy) is 1. The van der Waals surface area contributed by atoms with Crippen molar-refractivity contribution in [3.05, 3.63) is 48.4 Å². The molecule has 0 radical (unpaired) electrons. The average Bonchev–Trinajstić information content (AvgIpc) is 3.12. The van der Waals surface area contributed by atoms with E-state index < -0.39 is 0 Å². The van der Waals surface area contributed by atoms with Gasteiger partial charge < -0.3 is 25.1 Å². The first-order chi connectivity index (χ1) is 11.2. The third-order valence-electron chi connectivity index (χ3n) is 3.39. The molecule has 7 heteroatoms. The monoisotopic (exact) mass is 315 g/mol. The molecule has 3 rings (SSSR count). The Morgan fingerprint density at radius 2 is 1.83 bits per heavy atom. The van der Waals surface area contributed by atoms with Gasteiger partial charge in [-0.3, -0.25) is 9.59 Å². The number of amides is 2. The molecule has 0 bridgehead atoms. The van der Waals surface area contributed by atoms with Crippen LogP contribution in [0.3, 0.4) is 0 Å². The van der Waals surface area contributed by atoms with E-state index in [-0.39, 0.29) is 23.6 Å². The van der Waals surface area contributed by atoms with E-state index >= 15 is 0 Å². The van der Waals surface area contributed by atoms with Crippen molar-refractivity contribution in [3.63, 3.8) is 0 Å². The van der Waals surface area contributed by atoms with E-state index in [1.54, 1.807) is 36.4 Å². The summed E-state index contributed by atoms with van der Waals surface area (Å²) in [4.78, 5) is 23.9. The largest absolute Gasteiger partial charge is 0.459 e. The van der Waals surface area contributed by atoms with Crippen LogP contribution in [0, 0.1) is 0 Å². The standard InChI is InChI=1S/C16H17N3O4/c20-15(13-10-22-9-7-17-13)18-11-3-5-12(6-4-11)19-16(21)14-2-1-8-23-14/h1-6,8,13,17H,7,9-10H2,(H,18,20)(H,19,21). The Morgan fingerprint density at radius 1 is 1.09 bits per heavy atom. The van der Waals surface area contributed by atoms with Gasteiger partial charge in [0.2, 0.25) is 5.91 Å². The molecule has 120 valence electrons. The number of nitrogens with one attached hydrogen (secondary N) is 3. The van der Waals surface area contributed by atoms with Crippen molar-refractivity contribution < 1.29 is 18.7 Å². The fourth-order valence-corrected chi connectivity index (χ4v) is 2.20. The quantitative estimate of drug-likeness (QED) is 0.794. The molecule has 2 heterocycles. The van der Waals surface area contributed by atoms with E-state index in [0.29, 0.717) is 31.1 Å². The first-order valence-corrected chi connectivity index (χ1v) is 7.29. The van der Waals surface area contributed by atoms with Crippen molar-refractivity contribution in [3.8, 4) is 0 Å². The number of furan rings is 1. The molecular weight excluding hydrogens is 298 g/mol. The summed E-state index contributed by atoms with van der Waals surface area (Å²) in [7, 11) is 0. The molecule has 1 saturated heterocycles. The average molecular weight is 315 g/mol. The van der Waals surface area contributed by atoms with Gasteiger partial charge >= 0.3 is 0 Å². The maximum atomic E-state index is 12.0. The van der Waals surface area contributed by atoms with Crippen LogP contribution < -0.4 is 16.0 Å². The molecule has 0 saturated carbocycles. The molecule has 23 heavy (non-hydrogen) atoms. The highest BCUT2D eigenvalue weighted by Gasteiger charge is 2.21. The number of benzene rings is 1. The van der Waals surface area contributed by atoms with Crippen molar-refractivity contribution in [1.29, 1.82) is 0 Å². The number of hydrogen-bond acceptors (Lipinski definition) is 5. The number of carbonyl (C=O) groups is 2. The van der Waals surface area contributed by atoms with Crippen molar-refractivity contribution in [2.75, 3.05) is 30.4 Å². The summed E-state index contributed by atoms with van der Waals surface area (Å²) in [6.45, 7) is 1.65. The van der Waals surface area contributed by atoms with E-state index in [0.717, 1.165) is 0 Å². The third kappa shape index (κ3) is 3.97. The Labute approximate surface area is 133 Å². The molecule has 1 fully saturated rings. The lowest BCUT2D eigenvalue weighted by Crippen LogP contribution is -2.48. The third-order valence-corrected chi connectivity index (χ3v) is 3.39. The minimum Gasteiger partial charge on any atom is -0.459 e. The SMILES string of the molecule is O=C(Nc1ccc(NC(=O)C2COCCN2)cc1)c1ccco1. The van der Waals surface area contributed by atoms with Crippen molar-refractivity contribution in [2.24, 2.45) is 0 Å². The molecule has 2 aromatic rings. The lowest BCUT2D eigenvalue weighted by Gasteiger charge is -2.22. The summed E-state index contributed by atoms with van der Waals surface area (Å²) in [6, 6.07) is 9.75. The van der Waals surface area contributed by atoms with Gasteiger partial charge in [0.05, 0.1) is 19.5 Å². The molecule has 7 nitrogen and oxygen atoms in total. The van der Waals surface area contributed by atoms with Crippen LogP contribution in [0.2, 0.25) is 0 Å². The topological polar surface area (TPSA) is 92.6 Å². The zero-order valence-corrected chi connectivity index (χ0v) is 12.4. The van der Waals surface area contributed by atoms with Gasteiger partial charge in [0, 0.05) is 17.9 Å². The van der Waals surface area contributed by atoms with Gasteiger partial charge in [-0.05, 0) is 36.4 Å². The second-order valence-electron chi connectivity index (χ2n) is 5.08. The molecule has 2 amide bonds. The second kappa shape index (κ2) is 7.08. The number of anilines is 2. The fraction of sp³-hybridized carbons (Fsp3) is 0.250. The minimum absolute atomic E-state index is 0.142. The van der Waals surface area contributed by atoms with Crippen molar-refractivity contribution in [1.82, 2.24) is 5.32 Å². The van der Waals surface area contributed by atoms with Gasteiger partial charge in [0.1, 0.15) is 6.04 Å². The van der Waals surface area contributed by atoms with Crippen LogP contribution in [-0.2, 0) is 9.53 Å². The summed E-state index contributed by atoms with van der Waals surface area (Å²) >= 11 is 0. The second-order valence-corrected chi connectivity index (χ2v) is 5.08. The Hall–Kier alpha value is -2.64. The van der Waals surface area contributed by atoms with E-state index in [9.17, 15) is 9.59 Å². The zero-order chi connectivity index (χ0) is 16.1. The van der Waals surface area contributed by atoms with Crippen LogP contribution in [0.5, 0.6) is 0 Å². The van der Waals surface area contributed by atoms with E-state index in [4.69, 9.17) is 9.15 Å². The molecule has 1 aliphatic rings. The Kier molecular flexibility index (Phi) is 4.70. The van der Waals surface area contributed by atoms with E-state index in [1.807, 2.05) is 0 Å². The molecule has 1 aliphatic heterocycles. The fourth-order valence-electron chi connectivity index (χ4n) is 2.20. The van der Waals surface area contributed by atoms with Crippen molar-refractivity contribution in [2.45, 2.75) is 6.04 Å². The molecule has 3 N–H and O–H groups in total. The molecule has 0 spiro atoms. The van der Waals surface area contributed by atoms with Crippen LogP contribution in [0.1, 0.15) is 10.6 Å². The van der Waals surface area contributed by atoms with Crippen LogP contribution in [0.15, 0.2) is 47.1 Å². The summed E-state index contributed by atoms with van der Waals surface area (Å²) in [6.07, 6.45) is 1.44. The normalized spacial score (nSPS) is 17.5. The smallest absolute Gasteiger partial charge is 0.291 e. The Balaban J connectivity index is 1.56. The summed E-state index contributed by atoms with van der Waals surface area (Å²) in [5.74, 6) is -0.224. The zero-order valence-electron chi connectivity index (χ0n) is 12.4. The molecular formula is C16H17N3O4. The lowest BCUT2D eigenvalue weighted by molar-refractivity contribution is -0.120. The lowest BCUT2D eigenvalue weighted by atomic mass is 10.2. The number of rotatable bonds is 4. The van der Waals surface area contributed by atoms with Gasteiger partial charge in [-0.15, -0.1) is 0 Å². The summed E-state index contributed by atoms with van der Waals surface area (Å²) < 4.78 is 10.3. The van der Waals surface area contributed by atoms with E-state index in [1.165, 1.54) is 6.26 Å². The number of morpholine rings is 1. The molecule has 0 aliphatic carbocycles. The molecule has 1 unspecified atom stereocenters. The predicted molar refractivity (Wildman–Crippen MR) is 84.3 cm³/mol. The molecule has 1 aromatic heterocycles. The first kappa shape index (κ1) is 15.3. The summed E-state index contributed by atoms with van der Waals surface area (Å²) in [5.41, 5.74) is 1.27. The van der Waals surface area contributed by atoms with Gasteiger partial charge in [0.25, 0.3) is 5.91 Å². The van der Waals surface area contributed by atoms with Gasteiger partial charge in [-0.1, -0.05) is 0 Å². The molecule has 1 atom stereocenters. The molecule has 1 aromatic carbocycles. The summed E-state index contributed by atoms with van der Waals surface area (Å²) in [5, 5.41) is 8.61. The number of carbonyl (C=O) groups excluding carboxylic acids is 2. The Morgan fingerprint density at radius 3 is 2.43 bits per heavy atom. The highest BCUT2D eigenvalue weighted by molar-refractivity contribution is 6.02. The van der Waals surface area contributed by atoms with Crippen LogP contribution >= 0.6 is 0 Å². The van der Waals surface area contributed by atoms with Crippen LogP contribution in [0.4, 0.5) is 11.4 Å². The van der Waals surface area contributed by atoms with E-state index in [2.05, 4.69) is 16.0 Å². The highest BCUT2D eigenvalue weighted by atomic mass is 16.5. The van der Waals surface area contributed by atoms with Crippen LogP contribution in [0.25, 0.3) is 0 Å². The number of hydrogen-bond donors (Lipinski definition) is 3. The van der Waals surface area contributed by atoms with Crippen LogP contribution in [-0.4, -0.2) is 37.6 Å². The van der Waals surface area contributed by atoms with Gasteiger partial charge in [-0.2, -0.15) is 0 Å². The maximum absolute atomic E-state index is 12.0. The predicted octanol–water partition coefficient (Wildman–Crippen LogP) is 1.46.